The molecule has 0 bridgehead atoms. The van der Waals surface area contributed by atoms with Crippen LogP contribution in [0.1, 0.15) is 121 Å². The molecule has 0 radical (unpaired) electrons. The van der Waals surface area contributed by atoms with E-state index in [2.05, 4.69) is 17.1 Å². The van der Waals surface area contributed by atoms with Gasteiger partial charge in [0.2, 0.25) is 5.91 Å². The van der Waals surface area contributed by atoms with E-state index in [1.165, 1.54) is 38.7 Å². The standard InChI is InChI=1S/C37H56N2O12/c1-4-5-6-7-10-15-28(40)19-20-30-29(31(41)25-32(30)42)16-11-8-9-12-17-35(43)38-26(2)36(44)51-33-21-18-27(24-34(33)48-3)37(45)49-22-13-14-23-50-39(46)47/h8,11,18,21,24,26,29-32,41-42H,4-7,9-10,12-17,19-20,22-23,25H2,1-3H3,(H,38,43)/t26?,29-,30-,31+,32-/m1/s1. The molecule has 2 rings (SSSR count). The molecule has 1 unspecified atom stereocenters. The number of carbonyl (C=O) groups is 4. The van der Waals surface area contributed by atoms with Gasteiger partial charge in [-0.3, -0.25) is 9.59 Å². The zero-order valence-corrected chi connectivity index (χ0v) is 30.2. The number of ether oxygens (including phenoxy) is 3. The maximum atomic E-state index is 12.7. The van der Waals surface area contributed by atoms with Gasteiger partial charge in [-0.2, -0.15) is 0 Å². The molecule has 14 nitrogen and oxygen atoms in total. The number of esters is 2. The van der Waals surface area contributed by atoms with E-state index >= 15 is 0 Å². The van der Waals surface area contributed by atoms with Crippen LogP contribution in [-0.2, 0) is 24.0 Å². The van der Waals surface area contributed by atoms with E-state index in [0.717, 1.165) is 25.7 Å². The Morgan fingerprint density at radius 1 is 0.941 bits per heavy atom. The SMILES string of the molecule is CCCCCCCC(=O)CC[C@@H]1[C@@H](CC=CCCCC(=O)NC(C)C(=O)Oc2ccc(C(=O)OCCCCO[N+](=O)[O-])cc2OC)[C@@H](O)C[C@H]1O. The maximum absolute atomic E-state index is 12.7. The van der Waals surface area contributed by atoms with Gasteiger partial charge in [-0.1, -0.05) is 44.8 Å². The first kappa shape index (κ1) is 43.1. The van der Waals surface area contributed by atoms with Crippen molar-refractivity contribution in [1.29, 1.82) is 0 Å². The number of benzene rings is 1. The van der Waals surface area contributed by atoms with Gasteiger partial charge < -0.3 is 34.6 Å². The number of aliphatic hydroxyl groups is 2. The lowest BCUT2D eigenvalue weighted by Crippen LogP contribution is -2.40. The fourth-order valence-electron chi connectivity index (χ4n) is 6.08. The fourth-order valence-corrected chi connectivity index (χ4v) is 6.08. The lowest BCUT2D eigenvalue weighted by Gasteiger charge is -2.22. The van der Waals surface area contributed by atoms with Crippen LogP contribution in [-0.4, -0.2) is 77.5 Å². The average molecular weight is 721 g/mol. The molecular formula is C37H56N2O12. The van der Waals surface area contributed by atoms with E-state index in [0.29, 0.717) is 57.8 Å². The number of unbranched alkanes of at least 4 members (excludes halogenated alkanes) is 6. The summed E-state index contributed by atoms with van der Waals surface area (Å²) in [5.41, 5.74) is 0.149. The second kappa shape index (κ2) is 24.2. The van der Waals surface area contributed by atoms with Crippen molar-refractivity contribution in [2.75, 3.05) is 20.3 Å². The van der Waals surface area contributed by atoms with E-state index in [-0.39, 0.29) is 60.2 Å². The summed E-state index contributed by atoms with van der Waals surface area (Å²) in [6.45, 7) is 3.59. The summed E-state index contributed by atoms with van der Waals surface area (Å²) >= 11 is 0. The number of methoxy groups -OCH3 is 1. The number of rotatable bonds is 26. The number of nitrogens with zero attached hydrogens (tertiary/aromatic N) is 1. The van der Waals surface area contributed by atoms with Gasteiger partial charge in [-0.05, 0) is 88.3 Å². The summed E-state index contributed by atoms with van der Waals surface area (Å²) < 4.78 is 15.8. The molecule has 1 saturated carbocycles. The highest BCUT2D eigenvalue weighted by atomic mass is 16.9. The van der Waals surface area contributed by atoms with E-state index in [1.807, 2.05) is 12.2 Å². The topological polar surface area (TPSA) is 201 Å². The predicted octanol–water partition coefficient (Wildman–Crippen LogP) is 5.43. The number of aliphatic hydroxyl groups excluding tert-OH is 2. The van der Waals surface area contributed by atoms with Gasteiger partial charge in [0, 0.05) is 19.3 Å². The lowest BCUT2D eigenvalue weighted by molar-refractivity contribution is -0.757. The molecule has 1 aliphatic carbocycles. The van der Waals surface area contributed by atoms with Gasteiger partial charge in [0.15, 0.2) is 11.5 Å². The highest BCUT2D eigenvalue weighted by Gasteiger charge is 2.40. The zero-order valence-electron chi connectivity index (χ0n) is 30.2. The van der Waals surface area contributed by atoms with Gasteiger partial charge in [0.1, 0.15) is 11.8 Å². The third kappa shape index (κ3) is 16.7. The molecule has 286 valence electrons. The molecule has 1 fully saturated rings. The first-order chi connectivity index (χ1) is 24.5. The molecule has 1 aromatic rings. The number of carbonyl (C=O) groups excluding carboxylic acids is 4. The van der Waals surface area contributed by atoms with Crippen LogP contribution in [0.4, 0.5) is 0 Å². The summed E-state index contributed by atoms with van der Waals surface area (Å²) in [4.78, 5) is 64.2. The van der Waals surface area contributed by atoms with Crippen molar-refractivity contribution in [3.8, 4) is 11.5 Å². The molecule has 0 heterocycles. The van der Waals surface area contributed by atoms with Crippen LogP contribution in [0.2, 0.25) is 0 Å². The zero-order chi connectivity index (χ0) is 37.6. The molecule has 0 aromatic heterocycles. The van der Waals surface area contributed by atoms with Crippen molar-refractivity contribution in [2.24, 2.45) is 11.8 Å². The van der Waals surface area contributed by atoms with Crippen LogP contribution in [0.5, 0.6) is 11.5 Å². The minimum Gasteiger partial charge on any atom is -0.493 e. The number of nitrogens with one attached hydrogen (secondary N) is 1. The molecule has 0 aliphatic heterocycles. The summed E-state index contributed by atoms with van der Waals surface area (Å²) in [6, 6.07) is 3.17. The largest absolute Gasteiger partial charge is 0.493 e. The smallest absolute Gasteiger partial charge is 0.338 e. The second-order valence-corrected chi connectivity index (χ2v) is 13.0. The Labute approximate surface area is 300 Å². The molecule has 3 N–H and O–H groups in total. The van der Waals surface area contributed by atoms with Crippen molar-refractivity contribution < 1.29 is 53.5 Å². The summed E-state index contributed by atoms with van der Waals surface area (Å²) in [7, 11) is 1.34. The Bertz CT molecular complexity index is 1290. The number of ketones is 1. The highest BCUT2D eigenvalue weighted by Crippen LogP contribution is 2.38. The third-order valence-corrected chi connectivity index (χ3v) is 9.00. The number of hydrogen-bond donors (Lipinski definition) is 3. The predicted molar refractivity (Wildman–Crippen MR) is 188 cm³/mol. The van der Waals surface area contributed by atoms with E-state index in [1.54, 1.807) is 0 Å². The van der Waals surface area contributed by atoms with Crippen molar-refractivity contribution in [2.45, 2.75) is 128 Å². The monoisotopic (exact) mass is 720 g/mol. The maximum Gasteiger partial charge on any atom is 0.338 e. The lowest BCUT2D eigenvalue weighted by atomic mass is 9.86. The molecule has 0 spiro atoms. The second-order valence-electron chi connectivity index (χ2n) is 13.0. The van der Waals surface area contributed by atoms with Crippen LogP contribution < -0.4 is 14.8 Å². The van der Waals surface area contributed by atoms with E-state index < -0.39 is 35.3 Å². The van der Waals surface area contributed by atoms with Crippen molar-refractivity contribution in [1.82, 2.24) is 5.32 Å². The summed E-state index contributed by atoms with van der Waals surface area (Å²) in [5.74, 6) is -1.56. The number of Topliss-reactive ketones (excluding diaryl/α,β-unsaturated/α-hetero) is 1. The molecule has 0 saturated heterocycles. The van der Waals surface area contributed by atoms with Gasteiger partial charge in [-0.15, -0.1) is 10.1 Å². The van der Waals surface area contributed by atoms with Gasteiger partial charge in [-0.25, -0.2) is 9.59 Å². The Hall–Kier alpha value is -4.04. The van der Waals surface area contributed by atoms with Crippen LogP contribution in [0.25, 0.3) is 0 Å². The molecule has 14 heteroatoms. The number of allylic oxidation sites excluding steroid dienone is 2. The molecule has 1 aliphatic rings. The number of hydrogen-bond acceptors (Lipinski definition) is 12. The molecular weight excluding hydrogens is 664 g/mol. The normalized spacial score (nSPS) is 19.0. The van der Waals surface area contributed by atoms with Gasteiger partial charge >= 0.3 is 11.9 Å². The minimum absolute atomic E-state index is 0.0337. The Kier molecular flexibility index (Phi) is 20.5. The summed E-state index contributed by atoms with van der Waals surface area (Å²) in [5, 5.41) is 32.9. The van der Waals surface area contributed by atoms with Crippen LogP contribution in [0, 0.1) is 22.0 Å². The van der Waals surface area contributed by atoms with Crippen molar-refractivity contribution in [3.63, 3.8) is 0 Å². The van der Waals surface area contributed by atoms with E-state index in [4.69, 9.17) is 14.2 Å². The van der Waals surface area contributed by atoms with Crippen molar-refractivity contribution >= 4 is 23.6 Å². The van der Waals surface area contributed by atoms with Crippen LogP contribution in [0.3, 0.4) is 0 Å². The van der Waals surface area contributed by atoms with Gasteiger partial charge in [0.25, 0.3) is 5.09 Å². The third-order valence-electron chi connectivity index (χ3n) is 9.00. The van der Waals surface area contributed by atoms with Crippen LogP contribution in [0.15, 0.2) is 30.4 Å². The average Bonchev–Trinajstić information content (AvgIpc) is 3.37. The molecule has 1 aromatic carbocycles. The Balaban J connectivity index is 1.71. The molecule has 5 atom stereocenters. The molecule has 1 amide bonds. The quantitative estimate of drug-likeness (QED) is 0.0274. The van der Waals surface area contributed by atoms with Crippen molar-refractivity contribution in [3.05, 3.63) is 46.0 Å². The first-order valence-corrected chi connectivity index (χ1v) is 18.1. The first-order valence-electron chi connectivity index (χ1n) is 18.1. The Morgan fingerprint density at radius 3 is 2.39 bits per heavy atom. The number of amides is 1. The Morgan fingerprint density at radius 2 is 1.67 bits per heavy atom. The van der Waals surface area contributed by atoms with Crippen LogP contribution >= 0.6 is 0 Å². The minimum atomic E-state index is -0.957. The fraction of sp³-hybridized carbons (Fsp3) is 0.676. The van der Waals surface area contributed by atoms with E-state index in [9.17, 15) is 39.5 Å². The highest BCUT2D eigenvalue weighted by molar-refractivity contribution is 5.91. The molecule has 51 heavy (non-hydrogen) atoms. The summed E-state index contributed by atoms with van der Waals surface area (Å²) in [6.07, 6.45) is 12.7. The van der Waals surface area contributed by atoms with Gasteiger partial charge in [0.05, 0.1) is 38.1 Å².